The Morgan fingerprint density at radius 1 is 1.38 bits per heavy atom. The second-order valence-corrected chi connectivity index (χ2v) is 6.05. The van der Waals surface area contributed by atoms with Crippen LogP contribution in [0.2, 0.25) is 0 Å². The fourth-order valence-corrected chi connectivity index (χ4v) is 3.10. The molecule has 3 atom stereocenters. The first-order valence-corrected chi connectivity index (χ1v) is 7.69. The van der Waals surface area contributed by atoms with Crippen molar-refractivity contribution in [1.82, 2.24) is 15.3 Å². The van der Waals surface area contributed by atoms with Crippen LogP contribution in [-0.2, 0) is 4.74 Å². The molecule has 2 fully saturated rings. The Kier molecular flexibility index (Phi) is 4.37. The van der Waals surface area contributed by atoms with Crippen molar-refractivity contribution in [2.75, 3.05) is 12.0 Å². The van der Waals surface area contributed by atoms with E-state index >= 15 is 0 Å². The first kappa shape index (κ1) is 14.7. The first-order chi connectivity index (χ1) is 10.1. The summed E-state index contributed by atoms with van der Waals surface area (Å²) >= 11 is 0. The van der Waals surface area contributed by atoms with Gasteiger partial charge < -0.3 is 10.2 Å². The summed E-state index contributed by atoms with van der Waals surface area (Å²) in [7, 11) is 0. The fraction of sp³-hybridized carbons (Fsp3) is 0.667. The van der Waals surface area contributed by atoms with Crippen molar-refractivity contribution in [3.05, 3.63) is 24.1 Å². The highest BCUT2D eigenvalue weighted by atomic mass is 19.1. The molecule has 0 bridgehead atoms. The summed E-state index contributed by atoms with van der Waals surface area (Å²) in [6.07, 6.45) is 5.15. The summed E-state index contributed by atoms with van der Waals surface area (Å²) in [5.41, 5.74) is 6.09. The number of hydrogen-bond donors (Lipinski definition) is 2. The summed E-state index contributed by atoms with van der Waals surface area (Å²) in [5.74, 6) is 0.255. The topological polar surface area (TPSA) is 52.7 Å². The molecule has 3 rings (SSSR count). The number of hydrazine groups is 1. The van der Waals surface area contributed by atoms with Crippen molar-refractivity contribution >= 4 is 5.82 Å². The average molecular weight is 294 g/mol. The Labute approximate surface area is 124 Å². The van der Waals surface area contributed by atoms with Gasteiger partial charge in [-0.2, -0.15) is 0 Å². The lowest BCUT2D eigenvalue weighted by Crippen LogP contribution is -2.48. The van der Waals surface area contributed by atoms with Crippen molar-refractivity contribution in [1.29, 1.82) is 0 Å². The Balaban J connectivity index is 1.50. The number of aromatic nitrogens is 1. The molecule has 2 saturated heterocycles. The van der Waals surface area contributed by atoms with Gasteiger partial charge in [0, 0.05) is 12.1 Å². The van der Waals surface area contributed by atoms with Gasteiger partial charge in [0.2, 0.25) is 0 Å². The molecule has 5 nitrogen and oxygen atoms in total. The standard InChI is InChI=1S/C15H23FN4O/c1-10(2)20-8-4-3-5-12(20)14-15(21-14)19-18-13-7-6-11(16)9-17-13/h6-7,9-10,12,14-15,19H,3-5,8H2,1-2H3,(H,17,18)/t12-,14?,15?/m0/s1. The summed E-state index contributed by atoms with van der Waals surface area (Å²) < 4.78 is 18.5. The highest BCUT2D eigenvalue weighted by Crippen LogP contribution is 2.33. The molecule has 1 aromatic heterocycles. The van der Waals surface area contributed by atoms with Crippen LogP contribution in [0.5, 0.6) is 0 Å². The molecule has 0 radical (unpaired) electrons. The average Bonchev–Trinajstić information content (AvgIpc) is 3.26. The maximum absolute atomic E-state index is 12.8. The van der Waals surface area contributed by atoms with Gasteiger partial charge in [-0.25, -0.2) is 14.8 Å². The summed E-state index contributed by atoms with van der Waals surface area (Å²) in [5, 5.41) is 0. The zero-order valence-corrected chi connectivity index (χ0v) is 12.6. The number of anilines is 1. The maximum atomic E-state index is 12.8. The summed E-state index contributed by atoms with van der Waals surface area (Å²) in [4.78, 5) is 6.48. The Morgan fingerprint density at radius 3 is 2.95 bits per heavy atom. The first-order valence-electron chi connectivity index (χ1n) is 7.69. The van der Waals surface area contributed by atoms with Crippen molar-refractivity contribution < 1.29 is 9.13 Å². The van der Waals surface area contributed by atoms with E-state index in [-0.39, 0.29) is 18.1 Å². The molecule has 3 heterocycles. The van der Waals surface area contributed by atoms with Gasteiger partial charge in [0.15, 0.2) is 6.23 Å². The Bertz CT molecular complexity index is 467. The fourth-order valence-electron chi connectivity index (χ4n) is 3.10. The highest BCUT2D eigenvalue weighted by Gasteiger charge is 2.48. The van der Waals surface area contributed by atoms with Gasteiger partial charge in [0.25, 0.3) is 0 Å². The summed E-state index contributed by atoms with van der Waals surface area (Å²) in [6.45, 7) is 5.63. The molecule has 6 heteroatoms. The largest absolute Gasteiger partial charge is 0.350 e. The van der Waals surface area contributed by atoms with Crippen LogP contribution in [0.15, 0.2) is 18.3 Å². The third-order valence-electron chi connectivity index (χ3n) is 4.23. The van der Waals surface area contributed by atoms with E-state index in [1.54, 1.807) is 6.07 Å². The van der Waals surface area contributed by atoms with Gasteiger partial charge in [-0.05, 0) is 45.4 Å². The van der Waals surface area contributed by atoms with E-state index in [0.717, 1.165) is 6.54 Å². The molecule has 2 aliphatic rings. The number of rotatable bonds is 5. The zero-order chi connectivity index (χ0) is 14.8. The van der Waals surface area contributed by atoms with Crippen molar-refractivity contribution in [2.24, 2.45) is 0 Å². The Morgan fingerprint density at radius 2 is 2.24 bits per heavy atom. The van der Waals surface area contributed by atoms with Crippen LogP contribution in [0.25, 0.3) is 0 Å². The van der Waals surface area contributed by atoms with Crippen LogP contribution in [-0.4, -0.2) is 40.8 Å². The number of likely N-dealkylation sites (tertiary alicyclic amines) is 1. The van der Waals surface area contributed by atoms with Gasteiger partial charge in [0.05, 0.1) is 6.20 Å². The number of pyridine rings is 1. The van der Waals surface area contributed by atoms with Crippen molar-refractivity contribution in [3.8, 4) is 0 Å². The molecule has 2 unspecified atom stereocenters. The number of nitrogens with zero attached hydrogens (tertiary/aromatic N) is 2. The number of piperidine rings is 1. The summed E-state index contributed by atoms with van der Waals surface area (Å²) in [6, 6.07) is 4.01. The minimum absolute atomic E-state index is 0.00111. The van der Waals surface area contributed by atoms with Crippen molar-refractivity contribution in [2.45, 2.75) is 57.5 Å². The van der Waals surface area contributed by atoms with E-state index in [2.05, 4.69) is 34.6 Å². The normalized spacial score (nSPS) is 29.6. The van der Waals surface area contributed by atoms with Gasteiger partial charge in [-0.3, -0.25) is 4.90 Å². The third kappa shape index (κ3) is 3.51. The molecule has 2 aliphatic heterocycles. The van der Waals surface area contributed by atoms with Crippen LogP contribution >= 0.6 is 0 Å². The van der Waals surface area contributed by atoms with Crippen LogP contribution in [0.4, 0.5) is 10.2 Å². The quantitative estimate of drug-likeness (QED) is 0.643. The van der Waals surface area contributed by atoms with Gasteiger partial charge in [0.1, 0.15) is 17.7 Å². The van der Waals surface area contributed by atoms with E-state index in [1.807, 2.05) is 0 Å². The van der Waals surface area contributed by atoms with Gasteiger partial charge in [-0.15, -0.1) is 0 Å². The minimum Gasteiger partial charge on any atom is -0.350 e. The lowest BCUT2D eigenvalue weighted by atomic mass is 9.97. The Hall–Kier alpha value is -1.24. The molecule has 1 aromatic rings. The van der Waals surface area contributed by atoms with Gasteiger partial charge in [-0.1, -0.05) is 6.42 Å². The highest BCUT2D eigenvalue weighted by molar-refractivity contribution is 5.32. The molecule has 0 aromatic carbocycles. The van der Waals surface area contributed by atoms with E-state index in [0.29, 0.717) is 17.9 Å². The molecule has 0 spiro atoms. The second-order valence-electron chi connectivity index (χ2n) is 6.05. The second kappa shape index (κ2) is 6.25. The molecule has 0 amide bonds. The van der Waals surface area contributed by atoms with E-state index in [9.17, 15) is 4.39 Å². The predicted octanol–water partition coefficient (Wildman–Crippen LogP) is 2.12. The predicted molar refractivity (Wildman–Crippen MR) is 79.1 cm³/mol. The van der Waals surface area contributed by atoms with E-state index < -0.39 is 0 Å². The van der Waals surface area contributed by atoms with Crippen LogP contribution < -0.4 is 10.9 Å². The SMILES string of the molecule is CC(C)N1CCCC[C@H]1C1OC1NNc1ccc(F)cn1. The monoisotopic (exact) mass is 294 g/mol. The number of ether oxygens (including phenoxy) is 1. The van der Waals surface area contributed by atoms with Crippen molar-refractivity contribution in [3.63, 3.8) is 0 Å². The lowest BCUT2D eigenvalue weighted by Gasteiger charge is -2.37. The van der Waals surface area contributed by atoms with Gasteiger partial charge >= 0.3 is 0 Å². The lowest BCUT2D eigenvalue weighted by molar-refractivity contribution is 0.0894. The number of epoxide rings is 1. The van der Waals surface area contributed by atoms with Crippen LogP contribution in [0, 0.1) is 5.82 Å². The minimum atomic E-state index is -0.337. The van der Waals surface area contributed by atoms with E-state index in [4.69, 9.17) is 4.74 Å². The zero-order valence-electron chi connectivity index (χ0n) is 12.6. The maximum Gasteiger partial charge on any atom is 0.153 e. The smallest absolute Gasteiger partial charge is 0.153 e. The number of nitrogens with one attached hydrogen (secondary N) is 2. The molecule has 21 heavy (non-hydrogen) atoms. The number of halogens is 1. The number of hydrogen-bond acceptors (Lipinski definition) is 5. The van der Waals surface area contributed by atoms with Crippen LogP contribution in [0.3, 0.4) is 0 Å². The molecule has 0 saturated carbocycles. The molecule has 0 aliphatic carbocycles. The molecule has 116 valence electrons. The molecular formula is C15H23FN4O. The molecule has 2 N–H and O–H groups in total. The van der Waals surface area contributed by atoms with Crippen LogP contribution in [0.1, 0.15) is 33.1 Å². The van der Waals surface area contributed by atoms with E-state index in [1.165, 1.54) is 31.5 Å². The third-order valence-corrected chi connectivity index (χ3v) is 4.23. The molecular weight excluding hydrogens is 271 g/mol.